The lowest BCUT2D eigenvalue weighted by Crippen LogP contribution is -2.52. The number of rotatable bonds is 5. The zero-order valence-electron chi connectivity index (χ0n) is 24.7. The summed E-state index contributed by atoms with van der Waals surface area (Å²) in [5.41, 5.74) is -0.957. The molecule has 1 saturated heterocycles. The number of piperidine rings is 1. The zero-order valence-corrected chi connectivity index (χ0v) is 25.5. The smallest absolute Gasteiger partial charge is 0.328 e. The monoisotopic (exact) mass is 611 g/mol. The summed E-state index contributed by atoms with van der Waals surface area (Å²) in [6, 6.07) is 7.66. The van der Waals surface area contributed by atoms with Gasteiger partial charge in [0.05, 0.1) is 29.4 Å². The molecular weight excluding hydrogens is 577 g/mol. The van der Waals surface area contributed by atoms with E-state index in [0.717, 1.165) is 0 Å². The van der Waals surface area contributed by atoms with Crippen molar-refractivity contribution in [3.63, 3.8) is 0 Å². The van der Waals surface area contributed by atoms with Crippen molar-refractivity contribution < 1.29 is 37.8 Å². The minimum absolute atomic E-state index is 0.104. The third kappa shape index (κ3) is 6.29. The number of ketones is 1. The Kier molecular flexibility index (Phi) is 8.08. The van der Waals surface area contributed by atoms with Gasteiger partial charge in [-0.05, 0) is 52.0 Å². The number of anilines is 1. The van der Waals surface area contributed by atoms with E-state index in [-0.39, 0.29) is 23.7 Å². The summed E-state index contributed by atoms with van der Waals surface area (Å²) in [4.78, 5) is 53.9. The highest BCUT2D eigenvalue weighted by Crippen LogP contribution is 2.43. The lowest BCUT2D eigenvalue weighted by molar-refractivity contribution is -0.156. The molecule has 228 valence electrons. The minimum Gasteiger partial charge on any atom is -0.495 e. The SMILES string of the molecule is COc1cccc2c(C(=O)N3CCC4(CC3)CC(=O)c3cc(F)ccc3O4)c(NC(=O)N[C@H](C)C(=O)OC(C)(C)C)sc12. The minimum atomic E-state index is -0.930. The zero-order chi connectivity index (χ0) is 31.1. The molecule has 2 aliphatic heterocycles. The van der Waals surface area contributed by atoms with Gasteiger partial charge in [-0.15, -0.1) is 11.3 Å². The van der Waals surface area contributed by atoms with Gasteiger partial charge in [-0.3, -0.25) is 14.9 Å². The first-order chi connectivity index (χ1) is 20.3. The van der Waals surface area contributed by atoms with Gasteiger partial charge < -0.3 is 24.4 Å². The van der Waals surface area contributed by atoms with Crippen molar-refractivity contribution in [3.8, 4) is 11.5 Å². The Bertz CT molecular complexity index is 1600. The maximum atomic E-state index is 14.0. The molecule has 0 saturated carbocycles. The number of fused-ring (bicyclic) bond motifs is 2. The molecule has 1 spiro atoms. The molecule has 1 aromatic heterocycles. The van der Waals surface area contributed by atoms with Crippen LogP contribution >= 0.6 is 11.3 Å². The first kappa shape index (κ1) is 30.3. The molecule has 2 aromatic carbocycles. The Morgan fingerprint density at radius 3 is 2.53 bits per heavy atom. The summed E-state index contributed by atoms with van der Waals surface area (Å²) in [6.07, 6.45) is 0.916. The van der Waals surface area contributed by atoms with Gasteiger partial charge in [-0.2, -0.15) is 0 Å². The standard InChI is InChI=1S/C31H34FN3O7S/c1-17(28(38)42-30(2,3)4)33-29(39)34-26-24(19-7-6-8-23(40-5)25(19)43-26)27(37)35-13-11-31(12-14-35)16-21(36)20-15-18(32)9-10-22(20)41-31/h6-10,15,17H,11-14,16H2,1-5H3,(H2,33,34,39)/t17-/m1/s1. The summed E-state index contributed by atoms with van der Waals surface area (Å²) >= 11 is 1.20. The molecule has 2 aliphatic rings. The molecular formula is C31H34FN3O7S. The van der Waals surface area contributed by atoms with E-state index in [9.17, 15) is 23.6 Å². The molecule has 0 unspecified atom stereocenters. The number of nitrogens with one attached hydrogen (secondary N) is 2. The third-order valence-electron chi connectivity index (χ3n) is 7.46. The van der Waals surface area contributed by atoms with E-state index < -0.39 is 35.1 Å². The Balaban J connectivity index is 1.36. The number of hydrogen-bond donors (Lipinski definition) is 2. The Labute approximate surface area is 252 Å². The van der Waals surface area contributed by atoms with E-state index >= 15 is 0 Å². The molecule has 12 heteroatoms. The van der Waals surface area contributed by atoms with Crippen LogP contribution in [0.1, 0.15) is 67.7 Å². The molecule has 0 radical (unpaired) electrons. The summed E-state index contributed by atoms with van der Waals surface area (Å²) in [5.74, 6) is -0.663. The fourth-order valence-corrected chi connectivity index (χ4v) is 6.54. The molecule has 1 fully saturated rings. The predicted molar refractivity (Wildman–Crippen MR) is 160 cm³/mol. The number of Topliss-reactive ketones (excluding diaryl/α,β-unsaturated/α-hetero) is 1. The first-order valence-electron chi connectivity index (χ1n) is 14.0. The number of nitrogens with zero attached hydrogens (tertiary/aromatic N) is 1. The van der Waals surface area contributed by atoms with E-state index in [4.69, 9.17) is 14.2 Å². The maximum Gasteiger partial charge on any atom is 0.328 e. The van der Waals surface area contributed by atoms with Crippen molar-refractivity contribution in [3.05, 3.63) is 53.3 Å². The number of carbonyl (C=O) groups excluding carboxylic acids is 4. The lowest BCUT2D eigenvalue weighted by atomic mass is 9.82. The van der Waals surface area contributed by atoms with E-state index in [1.54, 1.807) is 43.9 Å². The van der Waals surface area contributed by atoms with Crippen LogP contribution in [-0.4, -0.2) is 66.0 Å². The van der Waals surface area contributed by atoms with Crippen molar-refractivity contribution >= 4 is 50.1 Å². The summed E-state index contributed by atoms with van der Waals surface area (Å²) < 4.78 is 31.5. The number of likely N-dealkylation sites (tertiary alicyclic amines) is 1. The van der Waals surface area contributed by atoms with Crippen LogP contribution in [0.3, 0.4) is 0 Å². The van der Waals surface area contributed by atoms with Crippen molar-refractivity contribution in [2.75, 3.05) is 25.5 Å². The maximum absolute atomic E-state index is 14.0. The fourth-order valence-electron chi connectivity index (χ4n) is 5.36. The second-order valence-electron chi connectivity index (χ2n) is 11.8. The highest BCUT2D eigenvalue weighted by atomic mass is 32.1. The van der Waals surface area contributed by atoms with Crippen molar-refractivity contribution in [1.82, 2.24) is 10.2 Å². The van der Waals surface area contributed by atoms with Crippen LogP contribution in [0.4, 0.5) is 14.2 Å². The number of urea groups is 1. The number of methoxy groups -OCH3 is 1. The molecule has 10 nitrogen and oxygen atoms in total. The van der Waals surface area contributed by atoms with Crippen LogP contribution in [-0.2, 0) is 9.53 Å². The summed E-state index contributed by atoms with van der Waals surface area (Å²) in [7, 11) is 1.53. The number of esters is 1. The summed E-state index contributed by atoms with van der Waals surface area (Å²) in [5, 5.41) is 6.25. The molecule has 5 rings (SSSR count). The number of carbonyl (C=O) groups is 4. The van der Waals surface area contributed by atoms with E-state index in [1.165, 1.54) is 43.6 Å². The van der Waals surface area contributed by atoms with Gasteiger partial charge in [0.15, 0.2) is 5.78 Å². The van der Waals surface area contributed by atoms with Crippen LogP contribution in [0, 0.1) is 5.82 Å². The second-order valence-corrected chi connectivity index (χ2v) is 12.8. The molecule has 0 aliphatic carbocycles. The summed E-state index contributed by atoms with van der Waals surface area (Å²) in [6.45, 7) is 7.35. The molecule has 3 amide bonds. The van der Waals surface area contributed by atoms with E-state index in [0.29, 0.717) is 58.1 Å². The molecule has 3 aromatic rings. The van der Waals surface area contributed by atoms with Gasteiger partial charge in [0.1, 0.15) is 39.6 Å². The quantitative estimate of drug-likeness (QED) is 0.363. The normalized spacial score (nSPS) is 16.7. The number of ether oxygens (including phenoxy) is 3. The van der Waals surface area contributed by atoms with Crippen LogP contribution in [0.15, 0.2) is 36.4 Å². The topological polar surface area (TPSA) is 123 Å². The predicted octanol–water partition coefficient (Wildman–Crippen LogP) is 5.54. The van der Waals surface area contributed by atoms with E-state index in [2.05, 4.69) is 10.6 Å². The van der Waals surface area contributed by atoms with Crippen molar-refractivity contribution in [2.24, 2.45) is 0 Å². The molecule has 43 heavy (non-hydrogen) atoms. The number of amides is 3. The van der Waals surface area contributed by atoms with Crippen molar-refractivity contribution in [2.45, 2.75) is 64.2 Å². The van der Waals surface area contributed by atoms with Crippen LogP contribution in [0.5, 0.6) is 11.5 Å². The van der Waals surface area contributed by atoms with Gasteiger partial charge in [0, 0.05) is 31.3 Å². The number of halogens is 1. The average molecular weight is 612 g/mol. The number of benzene rings is 2. The van der Waals surface area contributed by atoms with E-state index in [1.807, 2.05) is 0 Å². The van der Waals surface area contributed by atoms with Crippen molar-refractivity contribution in [1.29, 1.82) is 0 Å². The van der Waals surface area contributed by atoms with Gasteiger partial charge in [0.2, 0.25) is 0 Å². The fraction of sp³-hybridized carbons (Fsp3) is 0.419. The molecule has 3 heterocycles. The largest absolute Gasteiger partial charge is 0.495 e. The molecule has 2 N–H and O–H groups in total. The Morgan fingerprint density at radius 2 is 1.86 bits per heavy atom. The lowest BCUT2D eigenvalue weighted by Gasteiger charge is -2.44. The van der Waals surface area contributed by atoms with Gasteiger partial charge in [0.25, 0.3) is 5.91 Å². The van der Waals surface area contributed by atoms with Gasteiger partial charge in [-0.25, -0.2) is 14.0 Å². The molecule has 0 bridgehead atoms. The highest BCUT2D eigenvalue weighted by Gasteiger charge is 2.44. The van der Waals surface area contributed by atoms with Crippen LogP contribution in [0.2, 0.25) is 0 Å². The number of thiophene rings is 1. The molecule has 1 atom stereocenters. The Morgan fingerprint density at radius 1 is 1.14 bits per heavy atom. The van der Waals surface area contributed by atoms with Gasteiger partial charge >= 0.3 is 12.0 Å². The van der Waals surface area contributed by atoms with Crippen LogP contribution < -0.4 is 20.1 Å². The third-order valence-corrected chi connectivity index (χ3v) is 8.60. The number of hydrogen-bond acceptors (Lipinski definition) is 8. The Hall–Kier alpha value is -4.19. The first-order valence-corrected chi connectivity index (χ1v) is 14.8. The highest BCUT2D eigenvalue weighted by molar-refractivity contribution is 7.23. The average Bonchev–Trinajstić information content (AvgIpc) is 3.30. The second kappa shape index (κ2) is 11.5. The van der Waals surface area contributed by atoms with Gasteiger partial charge in [-0.1, -0.05) is 12.1 Å². The van der Waals surface area contributed by atoms with Crippen LogP contribution in [0.25, 0.3) is 10.1 Å².